The van der Waals surface area contributed by atoms with Gasteiger partial charge in [-0.2, -0.15) is 0 Å². The normalized spacial score (nSPS) is 11.8. The molecule has 126 valence electrons. The van der Waals surface area contributed by atoms with Crippen LogP contribution in [-0.4, -0.2) is 14.1 Å². The largest absolute Gasteiger partial charge is 0.628 e. The lowest BCUT2D eigenvalue weighted by Gasteiger charge is -2.34. The molecule has 0 saturated heterocycles. The Morgan fingerprint density at radius 2 is 1.27 bits per heavy atom. The van der Waals surface area contributed by atoms with E-state index < -0.39 is 0 Å². The van der Waals surface area contributed by atoms with E-state index in [1.807, 2.05) is 18.2 Å². The maximum absolute atomic E-state index is 12.1. The zero-order chi connectivity index (χ0) is 16.3. The molecule has 1 aromatic rings. The van der Waals surface area contributed by atoms with Crippen molar-refractivity contribution in [2.24, 2.45) is 0 Å². The molecule has 0 spiro atoms. The fraction of sp³-hybridized carbons (Fsp3) is 0.700. The predicted molar refractivity (Wildman–Crippen MR) is 99.0 cm³/mol. The van der Waals surface area contributed by atoms with E-state index in [2.05, 4.69) is 13.0 Å². The monoisotopic (exact) mass is 305 g/mol. The second-order valence-electron chi connectivity index (χ2n) is 6.91. The van der Waals surface area contributed by atoms with Gasteiger partial charge in [0.25, 0.3) is 0 Å². The molecule has 0 aromatic heterocycles. The van der Waals surface area contributed by atoms with Crippen molar-refractivity contribution in [3.8, 4) is 0 Å². The average Bonchev–Trinajstić information content (AvgIpc) is 2.48. The number of hydrogen-bond donors (Lipinski definition) is 0. The molecule has 0 aliphatic heterocycles. The molecule has 0 aliphatic carbocycles. The molecule has 0 atom stereocenters. The van der Waals surface area contributed by atoms with Crippen molar-refractivity contribution in [3.63, 3.8) is 0 Å². The van der Waals surface area contributed by atoms with Gasteiger partial charge < -0.3 is 9.85 Å². The molecule has 22 heavy (non-hydrogen) atoms. The minimum Gasteiger partial charge on any atom is -0.628 e. The molecule has 1 aromatic carbocycles. The predicted octanol–water partition coefficient (Wildman–Crippen LogP) is 6.21. The van der Waals surface area contributed by atoms with Crippen LogP contribution >= 0.6 is 0 Å². The average molecular weight is 306 g/mol. The Morgan fingerprint density at radius 1 is 0.773 bits per heavy atom. The van der Waals surface area contributed by atoms with Crippen LogP contribution in [0, 0.1) is 5.21 Å². The summed E-state index contributed by atoms with van der Waals surface area (Å²) in [7, 11) is 3.41. The van der Waals surface area contributed by atoms with E-state index in [1.54, 1.807) is 14.1 Å². The Balaban J connectivity index is 2.13. The highest BCUT2D eigenvalue weighted by Crippen LogP contribution is 2.25. The van der Waals surface area contributed by atoms with Gasteiger partial charge in [0.05, 0.1) is 14.1 Å². The minimum atomic E-state index is -0.325. The lowest BCUT2D eigenvalue weighted by Crippen LogP contribution is -2.33. The van der Waals surface area contributed by atoms with Crippen molar-refractivity contribution in [2.75, 3.05) is 14.1 Å². The first-order chi connectivity index (χ1) is 10.6. The van der Waals surface area contributed by atoms with E-state index in [1.165, 1.54) is 69.8 Å². The summed E-state index contributed by atoms with van der Waals surface area (Å²) in [4.78, 5) is 0. The first-order valence-electron chi connectivity index (χ1n) is 9.19. The molecule has 0 heterocycles. The lowest BCUT2D eigenvalue weighted by molar-refractivity contribution is 0.532. The zero-order valence-electron chi connectivity index (χ0n) is 14.9. The number of para-hydroxylation sites is 1. The molecule has 0 amide bonds. The zero-order valence-corrected chi connectivity index (χ0v) is 14.9. The molecular formula is C20H35NO. The van der Waals surface area contributed by atoms with Gasteiger partial charge in [0.2, 0.25) is 0 Å². The van der Waals surface area contributed by atoms with Gasteiger partial charge in [-0.1, -0.05) is 82.9 Å². The van der Waals surface area contributed by atoms with Crippen molar-refractivity contribution >= 4 is 5.69 Å². The minimum absolute atomic E-state index is 0.325. The highest BCUT2D eigenvalue weighted by Gasteiger charge is 2.12. The molecule has 0 N–H and O–H groups in total. The molecule has 0 bridgehead atoms. The Morgan fingerprint density at radius 3 is 1.82 bits per heavy atom. The van der Waals surface area contributed by atoms with Crippen LogP contribution in [0.5, 0.6) is 0 Å². The van der Waals surface area contributed by atoms with Gasteiger partial charge >= 0.3 is 0 Å². The van der Waals surface area contributed by atoms with Crippen molar-refractivity contribution in [1.82, 2.24) is 4.65 Å². The third kappa shape index (κ3) is 7.95. The molecule has 0 radical (unpaired) electrons. The van der Waals surface area contributed by atoms with Crippen molar-refractivity contribution in [3.05, 3.63) is 35.0 Å². The summed E-state index contributed by atoms with van der Waals surface area (Å²) in [5.41, 5.74) is 2.14. The van der Waals surface area contributed by atoms with Gasteiger partial charge in [0.15, 0.2) is 0 Å². The molecule has 2 nitrogen and oxygen atoms in total. The number of hydrogen-bond acceptors (Lipinski definition) is 1. The second kappa shape index (κ2) is 10.8. The Labute approximate surface area is 137 Å². The number of quaternary nitrogens is 1. The number of hydroxylamine groups is 2. The van der Waals surface area contributed by atoms with E-state index in [0.29, 0.717) is 0 Å². The number of unbranched alkanes of at least 4 members (excludes halogenated alkanes) is 9. The Hall–Kier alpha value is -0.860. The molecule has 0 aliphatic rings. The van der Waals surface area contributed by atoms with Crippen LogP contribution in [0.15, 0.2) is 24.3 Å². The second-order valence-corrected chi connectivity index (χ2v) is 6.91. The van der Waals surface area contributed by atoms with Gasteiger partial charge in [0.1, 0.15) is 5.69 Å². The van der Waals surface area contributed by atoms with Crippen molar-refractivity contribution < 1.29 is 0 Å². The summed E-state index contributed by atoms with van der Waals surface area (Å²) in [6, 6.07) is 8.10. The van der Waals surface area contributed by atoms with Gasteiger partial charge in [-0.25, -0.2) is 0 Å². The number of nitrogens with zero attached hydrogens (tertiary/aromatic N) is 1. The smallest absolute Gasteiger partial charge is 0.135 e. The van der Waals surface area contributed by atoms with Crippen LogP contribution < -0.4 is 4.65 Å². The summed E-state index contributed by atoms with van der Waals surface area (Å²) in [6.07, 6.45) is 14.6. The third-order valence-corrected chi connectivity index (χ3v) is 4.37. The van der Waals surface area contributed by atoms with Crippen molar-refractivity contribution in [2.45, 2.75) is 77.6 Å². The first kappa shape index (κ1) is 19.2. The standard InChI is InChI=1S/C20H35NO/c1-4-5-6-7-8-9-10-11-12-13-16-19-17-14-15-18-20(19)21(2,3)22/h14-15,17-18H,4-13,16H2,1-3H3. The molecule has 0 fully saturated rings. The third-order valence-electron chi connectivity index (χ3n) is 4.37. The van der Waals surface area contributed by atoms with E-state index >= 15 is 0 Å². The van der Waals surface area contributed by atoms with Crippen LogP contribution in [0.1, 0.15) is 76.7 Å². The fourth-order valence-corrected chi connectivity index (χ4v) is 3.05. The lowest BCUT2D eigenvalue weighted by atomic mass is 10.0. The van der Waals surface area contributed by atoms with Gasteiger partial charge in [0, 0.05) is 5.56 Å². The molecular weight excluding hydrogens is 270 g/mol. The molecule has 0 unspecified atom stereocenters. The van der Waals surface area contributed by atoms with E-state index in [-0.39, 0.29) is 4.65 Å². The maximum Gasteiger partial charge on any atom is 0.135 e. The Bertz CT molecular complexity index is 395. The summed E-state index contributed by atoms with van der Waals surface area (Å²) >= 11 is 0. The summed E-state index contributed by atoms with van der Waals surface area (Å²) in [5, 5.41) is 12.1. The van der Waals surface area contributed by atoms with Crippen LogP contribution in [0.2, 0.25) is 0 Å². The fourth-order valence-electron chi connectivity index (χ4n) is 3.05. The molecule has 0 saturated carbocycles. The van der Waals surface area contributed by atoms with Crippen LogP contribution in [0.3, 0.4) is 0 Å². The van der Waals surface area contributed by atoms with Crippen LogP contribution in [0.4, 0.5) is 5.69 Å². The molecule has 2 heteroatoms. The summed E-state index contributed by atoms with van der Waals surface area (Å²) in [6.45, 7) is 2.27. The topological polar surface area (TPSA) is 23.1 Å². The van der Waals surface area contributed by atoms with Crippen molar-refractivity contribution in [1.29, 1.82) is 0 Å². The van der Waals surface area contributed by atoms with E-state index in [9.17, 15) is 5.21 Å². The highest BCUT2D eigenvalue weighted by atomic mass is 16.5. The van der Waals surface area contributed by atoms with Gasteiger partial charge in [-0.05, 0) is 18.9 Å². The van der Waals surface area contributed by atoms with Gasteiger partial charge in [-0.3, -0.25) is 0 Å². The highest BCUT2D eigenvalue weighted by molar-refractivity contribution is 5.50. The number of benzene rings is 1. The summed E-state index contributed by atoms with van der Waals surface area (Å²) < 4.78 is -0.325. The first-order valence-corrected chi connectivity index (χ1v) is 9.19. The quantitative estimate of drug-likeness (QED) is 0.255. The van der Waals surface area contributed by atoms with Gasteiger partial charge in [-0.15, -0.1) is 0 Å². The number of aryl methyl sites for hydroxylation is 1. The van der Waals surface area contributed by atoms with Crippen LogP contribution in [-0.2, 0) is 6.42 Å². The van der Waals surface area contributed by atoms with E-state index in [0.717, 1.165) is 12.1 Å². The maximum atomic E-state index is 12.1. The SMILES string of the molecule is CCCCCCCCCCCCc1ccccc1[N+](C)(C)[O-]. The van der Waals surface area contributed by atoms with E-state index in [4.69, 9.17) is 0 Å². The molecule has 1 rings (SSSR count). The summed E-state index contributed by atoms with van der Waals surface area (Å²) in [5.74, 6) is 0. The van der Waals surface area contributed by atoms with Crippen LogP contribution in [0.25, 0.3) is 0 Å². The Kier molecular flexibility index (Phi) is 9.42. The number of rotatable bonds is 12.